The maximum Gasteiger partial charge on any atom is 0.247 e. The van der Waals surface area contributed by atoms with Crippen molar-refractivity contribution in [3.63, 3.8) is 0 Å². The van der Waals surface area contributed by atoms with Gasteiger partial charge >= 0.3 is 0 Å². The van der Waals surface area contributed by atoms with Crippen molar-refractivity contribution in [2.75, 3.05) is 46.5 Å². The van der Waals surface area contributed by atoms with Gasteiger partial charge in [0, 0.05) is 44.8 Å². The SMILES string of the molecule is C/C=C/c1ccc2c(c1)O[C@H](CN(C)CC1CCOCC1)[C@H](C)CN([C@@H](C)CO)S2(=O)=O. The molecule has 2 heterocycles. The third-order valence-electron chi connectivity index (χ3n) is 6.45. The van der Waals surface area contributed by atoms with Gasteiger partial charge in [-0.25, -0.2) is 8.42 Å². The first-order chi connectivity index (χ1) is 15.3. The third-order valence-corrected chi connectivity index (χ3v) is 8.47. The van der Waals surface area contributed by atoms with E-state index in [1.54, 1.807) is 25.1 Å². The van der Waals surface area contributed by atoms with E-state index in [1.807, 2.05) is 26.0 Å². The Hall–Kier alpha value is -1.45. The maximum atomic E-state index is 13.5. The third kappa shape index (κ3) is 5.91. The van der Waals surface area contributed by atoms with Gasteiger partial charge in [0.15, 0.2) is 0 Å². The smallest absolute Gasteiger partial charge is 0.247 e. The number of hydrogen-bond donors (Lipinski definition) is 1. The summed E-state index contributed by atoms with van der Waals surface area (Å²) in [5, 5.41) is 9.76. The van der Waals surface area contributed by atoms with E-state index in [4.69, 9.17) is 9.47 Å². The average molecular weight is 467 g/mol. The van der Waals surface area contributed by atoms with Gasteiger partial charge in [-0.3, -0.25) is 0 Å². The molecule has 3 rings (SSSR count). The Morgan fingerprint density at radius 1 is 1.28 bits per heavy atom. The Morgan fingerprint density at radius 2 is 2.00 bits per heavy atom. The predicted octanol–water partition coefficient (Wildman–Crippen LogP) is 2.85. The average Bonchev–Trinajstić information content (AvgIpc) is 2.76. The van der Waals surface area contributed by atoms with Crippen molar-refractivity contribution in [2.45, 2.75) is 50.7 Å². The molecule has 2 aliphatic rings. The van der Waals surface area contributed by atoms with Gasteiger partial charge in [-0.05, 0) is 57.4 Å². The van der Waals surface area contributed by atoms with Crippen LogP contribution in [0.1, 0.15) is 39.2 Å². The minimum Gasteiger partial charge on any atom is -0.487 e. The van der Waals surface area contributed by atoms with Gasteiger partial charge in [0.05, 0.1) is 6.61 Å². The fourth-order valence-corrected chi connectivity index (χ4v) is 6.33. The van der Waals surface area contributed by atoms with Crippen LogP contribution >= 0.6 is 0 Å². The standard InChI is InChI=1S/C24H38N2O5S/c1-5-6-20-7-8-24-22(13-20)31-23(16-25(4)15-21-9-11-30-12-10-21)18(2)14-26(19(3)17-27)32(24,28)29/h5-8,13,18-19,21,23,27H,9-12,14-17H2,1-4H3/b6-5+/t18-,19+,23-/m1/s1. The van der Waals surface area contributed by atoms with Crippen LogP contribution < -0.4 is 4.74 Å². The molecule has 0 spiro atoms. The van der Waals surface area contributed by atoms with Crippen LogP contribution in [0.3, 0.4) is 0 Å². The van der Waals surface area contributed by atoms with Gasteiger partial charge < -0.3 is 19.5 Å². The van der Waals surface area contributed by atoms with Gasteiger partial charge in [-0.1, -0.05) is 25.1 Å². The number of allylic oxidation sites excluding steroid dienone is 1. The Kier molecular flexibility index (Phi) is 8.75. The molecule has 0 amide bonds. The first kappa shape index (κ1) is 25.2. The molecule has 1 fully saturated rings. The molecule has 1 N–H and O–H groups in total. The highest BCUT2D eigenvalue weighted by Crippen LogP contribution is 2.34. The summed E-state index contributed by atoms with van der Waals surface area (Å²) in [6.07, 6.45) is 5.81. The number of aliphatic hydroxyl groups is 1. The van der Waals surface area contributed by atoms with Crippen LogP contribution in [0.15, 0.2) is 29.2 Å². The van der Waals surface area contributed by atoms with E-state index in [2.05, 4.69) is 11.9 Å². The zero-order valence-corrected chi connectivity index (χ0v) is 20.6. The lowest BCUT2D eigenvalue weighted by Gasteiger charge is -2.38. The topological polar surface area (TPSA) is 79.3 Å². The molecule has 1 aromatic rings. The van der Waals surface area contributed by atoms with E-state index in [9.17, 15) is 13.5 Å². The number of benzene rings is 1. The van der Waals surface area contributed by atoms with Crippen molar-refractivity contribution in [3.8, 4) is 5.75 Å². The molecular formula is C24H38N2O5S. The zero-order chi connectivity index (χ0) is 23.3. The van der Waals surface area contributed by atoms with Crippen LogP contribution in [0.2, 0.25) is 0 Å². The zero-order valence-electron chi connectivity index (χ0n) is 19.7. The van der Waals surface area contributed by atoms with E-state index in [0.717, 1.165) is 38.2 Å². The molecule has 0 radical (unpaired) electrons. The molecule has 0 unspecified atom stereocenters. The molecule has 2 aliphatic heterocycles. The van der Waals surface area contributed by atoms with Gasteiger partial charge in [0.25, 0.3) is 0 Å². The second kappa shape index (κ2) is 11.1. The lowest BCUT2D eigenvalue weighted by atomic mass is 9.98. The number of hydrogen-bond acceptors (Lipinski definition) is 6. The van der Waals surface area contributed by atoms with Crippen molar-refractivity contribution in [3.05, 3.63) is 29.8 Å². The highest BCUT2D eigenvalue weighted by atomic mass is 32.2. The molecule has 0 bridgehead atoms. The fourth-order valence-electron chi connectivity index (χ4n) is 4.51. The highest BCUT2D eigenvalue weighted by Gasteiger charge is 2.38. The van der Waals surface area contributed by atoms with E-state index in [0.29, 0.717) is 24.8 Å². The Bertz CT molecular complexity index is 882. The number of fused-ring (bicyclic) bond motifs is 1. The fraction of sp³-hybridized carbons (Fsp3) is 0.667. The van der Waals surface area contributed by atoms with Crippen LogP contribution in [0.5, 0.6) is 5.75 Å². The number of likely N-dealkylation sites (N-methyl/N-ethyl adjacent to an activating group) is 1. The van der Waals surface area contributed by atoms with Crippen LogP contribution in [0.4, 0.5) is 0 Å². The minimum absolute atomic E-state index is 0.0468. The van der Waals surface area contributed by atoms with E-state index < -0.39 is 16.1 Å². The summed E-state index contributed by atoms with van der Waals surface area (Å²) >= 11 is 0. The molecule has 1 saturated heterocycles. The molecule has 0 saturated carbocycles. The molecule has 180 valence electrons. The largest absolute Gasteiger partial charge is 0.487 e. The van der Waals surface area contributed by atoms with Crippen molar-refractivity contribution in [1.82, 2.24) is 9.21 Å². The normalized spacial score (nSPS) is 25.8. The van der Waals surface area contributed by atoms with Crippen LogP contribution in [0, 0.1) is 11.8 Å². The van der Waals surface area contributed by atoms with Crippen LogP contribution in [-0.4, -0.2) is 81.4 Å². The first-order valence-corrected chi connectivity index (χ1v) is 13.0. The Morgan fingerprint density at radius 3 is 2.66 bits per heavy atom. The summed E-state index contributed by atoms with van der Waals surface area (Å²) < 4.78 is 40.3. The number of aliphatic hydroxyl groups excluding tert-OH is 1. The second-order valence-corrected chi connectivity index (χ2v) is 11.1. The lowest BCUT2D eigenvalue weighted by Crippen LogP contribution is -2.50. The second-order valence-electron chi connectivity index (χ2n) is 9.22. The van der Waals surface area contributed by atoms with Crippen molar-refractivity contribution in [1.29, 1.82) is 0 Å². The van der Waals surface area contributed by atoms with Gasteiger partial charge in [0.2, 0.25) is 10.0 Å². The number of nitrogens with zero attached hydrogens (tertiary/aromatic N) is 2. The van der Waals surface area contributed by atoms with Gasteiger partial charge in [0.1, 0.15) is 16.7 Å². The van der Waals surface area contributed by atoms with Crippen molar-refractivity contribution in [2.24, 2.45) is 11.8 Å². The monoisotopic (exact) mass is 466 g/mol. The summed E-state index contributed by atoms with van der Waals surface area (Å²) in [5.74, 6) is 0.943. The number of ether oxygens (including phenoxy) is 2. The van der Waals surface area contributed by atoms with Gasteiger partial charge in [-0.15, -0.1) is 0 Å². The summed E-state index contributed by atoms with van der Waals surface area (Å²) in [5.41, 5.74) is 0.894. The molecule has 0 aromatic heterocycles. The highest BCUT2D eigenvalue weighted by molar-refractivity contribution is 7.89. The molecule has 8 heteroatoms. The molecule has 0 aliphatic carbocycles. The Balaban J connectivity index is 1.91. The van der Waals surface area contributed by atoms with Crippen molar-refractivity contribution >= 4 is 16.1 Å². The molecule has 7 nitrogen and oxygen atoms in total. The molecule has 32 heavy (non-hydrogen) atoms. The molecular weight excluding hydrogens is 428 g/mol. The summed E-state index contributed by atoms with van der Waals surface area (Å²) in [6.45, 7) is 9.08. The van der Waals surface area contributed by atoms with E-state index in [1.165, 1.54) is 4.31 Å². The van der Waals surface area contributed by atoms with Crippen LogP contribution in [0.25, 0.3) is 6.08 Å². The van der Waals surface area contributed by atoms with Gasteiger partial charge in [-0.2, -0.15) is 4.31 Å². The predicted molar refractivity (Wildman–Crippen MR) is 126 cm³/mol. The molecule has 3 atom stereocenters. The minimum atomic E-state index is -3.80. The number of sulfonamides is 1. The summed E-state index contributed by atoms with van der Waals surface area (Å²) in [7, 11) is -1.69. The van der Waals surface area contributed by atoms with E-state index in [-0.39, 0.29) is 23.5 Å². The number of rotatable bonds is 7. The quantitative estimate of drug-likeness (QED) is 0.666. The maximum absolute atomic E-state index is 13.5. The lowest BCUT2D eigenvalue weighted by molar-refractivity contribution is 0.0402. The summed E-state index contributed by atoms with van der Waals surface area (Å²) in [4.78, 5) is 2.46. The first-order valence-electron chi connectivity index (χ1n) is 11.6. The summed E-state index contributed by atoms with van der Waals surface area (Å²) in [6, 6.07) is 4.71. The Labute approximate surface area is 193 Å². The molecule has 1 aromatic carbocycles. The van der Waals surface area contributed by atoms with E-state index >= 15 is 0 Å². The van der Waals surface area contributed by atoms with Crippen molar-refractivity contribution < 1.29 is 23.0 Å². The van der Waals surface area contributed by atoms with Crippen LogP contribution in [-0.2, 0) is 14.8 Å².